The smallest absolute Gasteiger partial charge is 0.317 e. The normalized spacial score (nSPS) is 21.2. The van der Waals surface area contributed by atoms with E-state index in [1.54, 1.807) is 0 Å². The fourth-order valence-electron chi connectivity index (χ4n) is 4.31. The van der Waals surface area contributed by atoms with Gasteiger partial charge in [-0.3, -0.25) is 0 Å². The van der Waals surface area contributed by atoms with E-state index in [0.29, 0.717) is 13.1 Å². The minimum absolute atomic E-state index is 0.0313. The number of hydrogen-bond donors (Lipinski definition) is 2. The van der Waals surface area contributed by atoms with Crippen LogP contribution in [-0.2, 0) is 11.2 Å². The number of hydrogen-bond acceptors (Lipinski definition) is 4. The summed E-state index contributed by atoms with van der Waals surface area (Å²) in [6.45, 7) is 6.12. The topological polar surface area (TPSA) is 73.5 Å². The standard InChI is InChI=1S/C22H33N5O2/c28-22(23-11-6-10-21-24-19-8-2-3-9-20(19)25-21)27-14-7-15-29-18(17-27)16-26-12-4-1-5-13-26/h2-3,8-9,18H,1,4-7,10-17H2,(H,23,28)(H,24,25)/t18-/m1/s1. The van der Waals surface area contributed by atoms with Gasteiger partial charge in [-0.05, 0) is 50.9 Å². The maximum Gasteiger partial charge on any atom is 0.317 e. The Hall–Kier alpha value is -2.12. The molecule has 4 rings (SSSR count). The third kappa shape index (κ3) is 5.70. The van der Waals surface area contributed by atoms with Crippen molar-refractivity contribution in [1.29, 1.82) is 0 Å². The third-order valence-electron chi connectivity index (χ3n) is 5.85. The Balaban J connectivity index is 1.20. The van der Waals surface area contributed by atoms with Crippen molar-refractivity contribution in [2.75, 3.05) is 45.9 Å². The van der Waals surface area contributed by atoms with Gasteiger partial charge in [0.05, 0.1) is 17.1 Å². The quantitative estimate of drug-likeness (QED) is 0.733. The van der Waals surface area contributed by atoms with E-state index in [9.17, 15) is 4.79 Å². The Morgan fingerprint density at radius 1 is 1.17 bits per heavy atom. The molecule has 0 bridgehead atoms. The summed E-state index contributed by atoms with van der Waals surface area (Å²) in [5.41, 5.74) is 2.06. The summed E-state index contributed by atoms with van der Waals surface area (Å²) >= 11 is 0. The predicted octanol–water partition coefficient (Wildman–Crippen LogP) is 2.78. The number of aromatic nitrogens is 2. The highest BCUT2D eigenvalue weighted by molar-refractivity contribution is 5.75. The number of likely N-dealkylation sites (tertiary alicyclic amines) is 1. The first kappa shape index (κ1) is 20.2. The number of H-pyrrole nitrogens is 1. The summed E-state index contributed by atoms with van der Waals surface area (Å²) in [4.78, 5) is 25.0. The predicted molar refractivity (Wildman–Crippen MR) is 114 cm³/mol. The number of carbonyl (C=O) groups is 1. The van der Waals surface area contributed by atoms with E-state index in [0.717, 1.165) is 68.9 Å². The highest BCUT2D eigenvalue weighted by Crippen LogP contribution is 2.13. The van der Waals surface area contributed by atoms with Crippen LogP contribution in [0.2, 0.25) is 0 Å². The second-order valence-corrected chi connectivity index (χ2v) is 8.19. The Bertz CT molecular complexity index is 753. The van der Waals surface area contributed by atoms with E-state index >= 15 is 0 Å². The van der Waals surface area contributed by atoms with E-state index in [1.165, 1.54) is 19.3 Å². The van der Waals surface area contributed by atoms with Crippen molar-refractivity contribution in [3.8, 4) is 0 Å². The summed E-state index contributed by atoms with van der Waals surface area (Å²) in [5.74, 6) is 0.977. The Labute approximate surface area is 172 Å². The SMILES string of the molecule is O=C(NCCCc1nc2ccccc2[nH]1)N1CCCO[C@H](CN2CCCCC2)C1. The lowest BCUT2D eigenvalue weighted by molar-refractivity contribution is 0.0256. The van der Waals surface area contributed by atoms with E-state index in [2.05, 4.69) is 20.2 Å². The van der Waals surface area contributed by atoms with Crippen LogP contribution in [0.15, 0.2) is 24.3 Å². The summed E-state index contributed by atoms with van der Waals surface area (Å²) in [5, 5.41) is 3.08. The van der Waals surface area contributed by atoms with Gasteiger partial charge in [-0.15, -0.1) is 0 Å². The van der Waals surface area contributed by atoms with Crippen LogP contribution in [0.4, 0.5) is 4.79 Å². The van der Waals surface area contributed by atoms with Gasteiger partial charge in [0.2, 0.25) is 0 Å². The molecule has 0 radical (unpaired) electrons. The number of aromatic amines is 1. The maximum absolute atomic E-state index is 12.7. The van der Waals surface area contributed by atoms with Crippen LogP contribution in [0.25, 0.3) is 11.0 Å². The van der Waals surface area contributed by atoms with Gasteiger partial charge in [0, 0.05) is 39.2 Å². The largest absolute Gasteiger partial charge is 0.375 e. The molecule has 0 saturated carbocycles. The number of piperidine rings is 1. The van der Waals surface area contributed by atoms with Crippen molar-refractivity contribution in [1.82, 2.24) is 25.1 Å². The molecule has 2 aromatic rings. The molecule has 1 aromatic heterocycles. The van der Waals surface area contributed by atoms with Crippen LogP contribution in [0.3, 0.4) is 0 Å². The highest BCUT2D eigenvalue weighted by Gasteiger charge is 2.24. The second-order valence-electron chi connectivity index (χ2n) is 8.19. The molecule has 3 heterocycles. The van der Waals surface area contributed by atoms with Crippen LogP contribution in [0.1, 0.15) is 37.9 Å². The van der Waals surface area contributed by atoms with Gasteiger partial charge in [0.1, 0.15) is 5.82 Å². The lowest BCUT2D eigenvalue weighted by Crippen LogP contribution is -2.47. The molecule has 29 heavy (non-hydrogen) atoms. The number of rotatable bonds is 6. The number of urea groups is 1. The van der Waals surface area contributed by atoms with Gasteiger partial charge in [-0.1, -0.05) is 18.6 Å². The minimum atomic E-state index is 0.0313. The van der Waals surface area contributed by atoms with Crippen molar-refractivity contribution in [2.24, 2.45) is 0 Å². The van der Waals surface area contributed by atoms with Gasteiger partial charge in [-0.25, -0.2) is 9.78 Å². The summed E-state index contributed by atoms with van der Waals surface area (Å²) in [6.07, 6.45) is 6.62. The molecule has 2 saturated heterocycles. The van der Waals surface area contributed by atoms with E-state index < -0.39 is 0 Å². The van der Waals surface area contributed by atoms with Crippen molar-refractivity contribution < 1.29 is 9.53 Å². The molecule has 2 fully saturated rings. The number of fused-ring (bicyclic) bond motifs is 1. The molecule has 1 aromatic carbocycles. The molecule has 2 amide bonds. The number of imidazole rings is 1. The lowest BCUT2D eigenvalue weighted by atomic mass is 10.1. The molecule has 0 spiro atoms. The Morgan fingerprint density at radius 2 is 2.03 bits per heavy atom. The number of benzene rings is 1. The number of para-hydroxylation sites is 2. The van der Waals surface area contributed by atoms with Gasteiger partial charge in [0.25, 0.3) is 0 Å². The van der Waals surface area contributed by atoms with Crippen molar-refractivity contribution in [2.45, 2.75) is 44.6 Å². The number of carbonyl (C=O) groups excluding carboxylic acids is 1. The van der Waals surface area contributed by atoms with Crippen LogP contribution in [0, 0.1) is 0 Å². The summed E-state index contributed by atoms with van der Waals surface area (Å²) in [6, 6.07) is 8.09. The number of nitrogens with one attached hydrogen (secondary N) is 2. The minimum Gasteiger partial charge on any atom is -0.375 e. The molecule has 1 atom stereocenters. The molecule has 7 heteroatoms. The highest BCUT2D eigenvalue weighted by atomic mass is 16.5. The maximum atomic E-state index is 12.7. The van der Waals surface area contributed by atoms with Crippen LogP contribution in [-0.4, -0.2) is 77.8 Å². The molecule has 7 nitrogen and oxygen atoms in total. The third-order valence-corrected chi connectivity index (χ3v) is 5.85. The first-order valence-corrected chi connectivity index (χ1v) is 11.1. The Kier molecular flexibility index (Phi) is 7.00. The second kappa shape index (κ2) is 10.1. The van der Waals surface area contributed by atoms with Crippen LogP contribution < -0.4 is 5.32 Å². The van der Waals surface area contributed by atoms with Crippen LogP contribution >= 0.6 is 0 Å². The first-order valence-electron chi connectivity index (χ1n) is 11.1. The molecule has 2 N–H and O–H groups in total. The average Bonchev–Trinajstić information content (AvgIpc) is 3.02. The zero-order valence-electron chi connectivity index (χ0n) is 17.2. The lowest BCUT2D eigenvalue weighted by Gasteiger charge is -2.31. The van der Waals surface area contributed by atoms with Crippen molar-refractivity contribution in [3.05, 3.63) is 30.1 Å². The molecule has 158 valence electrons. The number of nitrogens with zero attached hydrogens (tertiary/aromatic N) is 3. The van der Waals surface area contributed by atoms with E-state index in [1.807, 2.05) is 29.2 Å². The van der Waals surface area contributed by atoms with E-state index in [-0.39, 0.29) is 12.1 Å². The number of amides is 2. The molecule has 0 aliphatic carbocycles. The van der Waals surface area contributed by atoms with Gasteiger partial charge in [-0.2, -0.15) is 0 Å². The summed E-state index contributed by atoms with van der Waals surface area (Å²) < 4.78 is 6.02. The zero-order chi connectivity index (χ0) is 19.9. The molecular formula is C22H33N5O2. The number of aryl methyl sites for hydroxylation is 1. The fourth-order valence-corrected chi connectivity index (χ4v) is 4.31. The van der Waals surface area contributed by atoms with Crippen LogP contribution in [0.5, 0.6) is 0 Å². The monoisotopic (exact) mass is 399 g/mol. The fraction of sp³-hybridized carbons (Fsp3) is 0.636. The average molecular weight is 400 g/mol. The molecule has 2 aliphatic heterocycles. The van der Waals surface area contributed by atoms with Crippen molar-refractivity contribution >= 4 is 17.1 Å². The molecule has 0 unspecified atom stereocenters. The zero-order valence-corrected chi connectivity index (χ0v) is 17.2. The number of ether oxygens (including phenoxy) is 1. The van der Waals surface area contributed by atoms with Crippen molar-refractivity contribution in [3.63, 3.8) is 0 Å². The van der Waals surface area contributed by atoms with Gasteiger partial charge >= 0.3 is 6.03 Å². The molecule has 2 aliphatic rings. The Morgan fingerprint density at radius 3 is 2.90 bits per heavy atom. The van der Waals surface area contributed by atoms with E-state index in [4.69, 9.17) is 4.74 Å². The summed E-state index contributed by atoms with van der Waals surface area (Å²) in [7, 11) is 0. The van der Waals surface area contributed by atoms with Gasteiger partial charge < -0.3 is 24.8 Å². The first-order chi connectivity index (χ1) is 14.3. The molecular weight excluding hydrogens is 366 g/mol. The van der Waals surface area contributed by atoms with Gasteiger partial charge in [0.15, 0.2) is 0 Å².